The Morgan fingerprint density at radius 1 is 0.396 bits per heavy atom. The standard InChI is InChI=1S/C51H36N2/c1-51(2)46-17-9-10-18-49(46)53-48-26-25-43(32-44(48)45-30-40(31-47(51)50(45)53)39-20-19-33-11-3-6-14-36(33)27-39)52(41-23-21-34-12-4-7-15-37(34)28-41)42-24-22-35-13-5-8-16-38(35)29-42/h3-32H,1-2H3. The third kappa shape index (κ3) is 4.52. The molecule has 0 unspecified atom stereocenters. The summed E-state index contributed by atoms with van der Waals surface area (Å²) in [5.41, 5.74) is 12.2. The van der Waals surface area contributed by atoms with Crippen molar-refractivity contribution in [3.8, 4) is 16.8 Å². The van der Waals surface area contributed by atoms with Gasteiger partial charge in [0.15, 0.2) is 0 Å². The highest BCUT2D eigenvalue weighted by Crippen LogP contribution is 2.50. The largest absolute Gasteiger partial charge is 0.310 e. The third-order valence-corrected chi connectivity index (χ3v) is 11.7. The molecular formula is C51H36N2. The summed E-state index contributed by atoms with van der Waals surface area (Å²) in [5, 5.41) is 9.97. The molecule has 0 aliphatic carbocycles. The van der Waals surface area contributed by atoms with Crippen molar-refractivity contribution in [2.24, 2.45) is 0 Å². The lowest BCUT2D eigenvalue weighted by Gasteiger charge is -2.35. The maximum atomic E-state index is 2.52. The number of fused-ring (bicyclic) bond motifs is 8. The molecule has 0 N–H and O–H groups in total. The number of hydrogen-bond acceptors (Lipinski definition) is 1. The lowest BCUT2D eigenvalue weighted by atomic mass is 9.74. The summed E-state index contributed by atoms with van der Waals surface area (Å²) in [6.07, 6.45) is 0. The molecule has 53 heavy (non-hydrogen) atoms. The molecule has 2 heterocycles. The Morgan fingerprint density at radius 3 is 1.58 bits per heavy atom. The minimum atomic E-state index is -0.183. The molecule has 0 radical (unpaired) electrons. The Hall–Kier alpha value is -6.64. The Bertz CT molecular complexity index is 3030. The number of rotatable bonds is 4. The maximum absolute atomic E-state index is 2.52. The van der Waals surface area contributed by atoms with Crippen molar-refractivity contribution in [1.29, 1.82) is 0 Å². The molecule has 1 aliphatic rings. The number of aromatic nitrogens is 1. The molecule has 0 atom stereocenters. The minimum absolute atomic E-state index is 0.183. The lowest BCUT2D eigenvalue weighted by Crippen LogP contribution is -2.26. The molecule has 0 saturated carbocycles. The van der Waals surface area contributed by atoms with E-state index in [9.17, 15) is 0 Å². The smallest absolute Gasteiger partial charge is 0.0582 e. The summed E-state index contributed by atoms with van der Waals surface area (Å²) in [6.45, 7) is 4.77. The number of anilines is 3. The Kier molecular flexibility index (Phi) is 6.33. The van der Waals surface area contributed by atoms with Crippen LogP contribution in [0.3, 0.4) is 0 Å². The van der Waals surface area contributed by atoms with Gasteiger partial charge in [-0.3, -0.25) is 0 Å². The van der Waals surface area contributed by atoms with Crippen LogP contribution in [0.5, 0.6) is 0 Å². The van der Waals surface area contributed by atoms with Gasteiger partial charge in [-0.15, -0.1) is 0 Å². The van der Waals surface area contributed by atoms with Crippen LogP contribution in [0.25, 0.3) is 70.9 Å². The molecule has 2 nitrogen and oxygen atoms in total. The molecule has 250 valence electrons. The molecule has 1 aromatic heterocycles. The van der Waals surface area contributed by atoms with Crippen LogP contribution >= 0.6 is 0 Å². The second-order valence-electron chi connectivity index (χ2n) is 15.1. The van der Waals surface area contributed by atoms with Gasteiger partial charge in [0.05, 0.1) is 16.7 Å². The summed E-state index contributed by atoms with van der Waals surface area (Å²) in [6, 6.07) is 67.4. The Balaban J connectivity index is 1.21. The van der Waals surface area contributed by atoms with Gasteiger partial charge in [-0.2, -0.15) is 0 Å². The van der Waals surface area contributed by atoms with Crippen molar-refractivity contribution in [1.82, 2.24) is 4.57 Å². The van der Waals surface area contributed by atoms with E-state index < -0.39 is 0 Å². The molecule has 11 rings (SSSR count). The van der Waals surface area contributed by atoms with Crippen LogP contribution in [-0.4, -0.2) is 4.57 Å². The van der Waals surface area contributed by atoms with Crippen molar-refractivity contribution < 1.29 is 0 Å². The quantitative estimate of drug-likeness (QED) is 0.180. The average Bonchev–Trinajstić information content (AvgIpc) is 3.53. The average molecular weight is 677 g/mol. The van der Waals surface area contributed by atoms with E-state index in [2.05, 4.69) is 205 Å². The molecule has 0 bridgehead atoms. The van der Waals surface area contributed by atoms with Crippen LogP contribution in [0.2, 0.25) is 0 Å². The van der Waals surface area contributed by atoms with Crippen molar-refractivity contribution in [2.75, 3.05) is 4.90 Å². The van der Waals surface area contributed by atoms with Gasteiger partial charge in [0.2, 0.25) is 0 Å². The summed E-state index contributed by atoms with van der Waals surface area (Å²) in [7, 11) is 0. The van der Waals surface area contributed by atoms with Gasteiger partial charge in [0.1, 0.15) is 0 Å². The molecule has 0 amide bonds. The second-order valence-corrected chi connectivity index (χ2v) is 15.1. The van der Waals surface area contributed by atoms with Crippen LogP contribution in [0.1, 0.15) is 25.0 Å². The first kappa shape index (κ1) is 30.0. The SMILES string of the molecule is CC1(C)c2ccccc2-n2c3ccc(N(c4ccc5ccccc5c4)c4ccc5ccccc5c4)cc3c3cc(-c4ccc5ccccc5c4)cc1c32. The van der Waals surface area contributed by atoms with Crippen LogP contribution in [0.4, 0.5) is 17.1 Å². The van der Waals surface area contributed by atoms with Gasteiger partial charge in [0.25, 0.3) is 0 Å². The molecule has 9 aromatic carbocycles. The normalized spacial score (nSPS) is 13.2. The summed E-state index contributed by atoms with van der Waals surface area (Å²) in [4.78, 5) is 2.42. The minimum Gasteiger partial charge on any atom is -0.310 e. The molecule has 0 fully saturated rings. The molecule has 0 spiro atoms. The van der Waals surface area contributed by atoms with E-state index in [1.165, 1.54) is 82.1 Å². The predicted molar refractivity (Wildman–Crippen MR) is 226 cm³/mol. The van der Waals surface area contributed by atoms with Gasteiger partial charge in [-0.05, 0) is 121 Å². The lowest BCUT2D eigenvalue weighted by molar-refractivity contribution is 0.630. The first-order valence-corrected chi connectivity index (χ1v) is 18.5. The van der Waals surface area contributed by atoms with E-state index in [1.54, 1.807) is 0 Å². The zero-order valence-electron chi connectivity index (χ0n) is 29.7. The van der Waals surface area contributed by atoms with Crippen LogP contribution in [0.15, 0.2) is 182 Å². The molecule has 2 heteroatoms. The van der Waals surface area contributed by atoms with E-state index in [1.807, 2.05) is 0 Å². The van der Waals surface area contributed by atoms with Crippen molar-refractivity contribution in [3.63, 3.8) is 0 Å². The fraction of sp³-hybridized carbons (Fsp3) is 0.0588. The van der Waals surface area contributed by atoms with Crippen LogP contribution < -0.4 is 4.90 Å². The topological polar surface area (TPSA) is 8.17 Å². The Morgan fingerprint density at radius 2 is 0.925 bits per heavy atom. The highest BCUT2D eigenvalue weighted by Gasteiger charge is 2.35. The first-order chi connectivity index (χ1) is 26.0. The molecule has 0 saturated heterocycles. The number of hydrogen-bond donors (Lipinski definition) is 0. The van der Waals surface area contributed by atoms with Crippen molar-refractivity contribution in [2.45, 2.75) is 19.3 Å². The van der Waals surface area contributed by atoms with Crippen molar-refractivity contribution >= 4 is 71.2 Å². The van der Waals surface area contributed by atoms with E-state index in [4.69, 9.17) is 0 Å². The highest BCUT2D eigenvalue weighted by molar-refractivity contribution is 6.14. The zero-order chi connectivity index (χ0) is 35.3. The molecule has 1 aliphatic heterocycles. The molecular weight excluding hydrogens is 641 g/mol. The van der Waals surface area contributed by atoms with Crippen LogP contribution in [0, 0.1) is 0 Å². The molecule has 10 aromatic rings. The Labute approximate surface area is 308 Å². The zero-order valence-corrected chi connectivity index (χ0v) is 29.7. The number of para-hydroxylation sites is 1. The number of nitrogens with zero attached hydrogens (tertiary/aromatic N) is 2. The number of benzene rings is 9. The summed E-state index contributed by atoms with van der Waals surface area (Å²) >= 11 is 0. The van der Waals surface area contributed by atoms with Gasteiger partial charge < -0.3 is 9.47 Å². The van der Waals surface area contributed by atoms with Crippen LogP contribution in [-0.2, 0) is 5.41 Å². The second kappa shape index (κ2) is 11.2. The summed E-state index contributed by atoms with van der Waals surface area (Å²) in [5.74, 6) is 0. The monoisotopic (exact) mass is 676 g/mol. The highest BCUT2D eigenvalue weighted by atomic mass is 15.1. The van der Waals surface area contributed by atoms with E-state index in [-0.39, 0.29) is 5.41 Å². The summed E-state index contributed by atoms with van der Waals surface area (Å²) < 4.78 is 2.52. The van der Waals surface area contributed by atoms with E-state index in [0.29, 0.717) is 0 Å². The van der Waals surface area contributed by atoms with E-state index in [0.717, 1.165) is 17.1 Å². The third-order valence-electron chi connectivity index (χ3n) is 11.7. The van der Waals surface area contributed by atoms with E-state index >= 15 is 0 Å². The maximum Gasteiger partial charge on any atom is 0.0582 e. The fourth-order valence-corrected chi connectivity index (χ4v) is 8.96. The van der Waals surface area contributed by atoms with Gasteiger partial charge in [-0.25, -0.2) is 0 Å². The van der Waals surface area contributed by atoms with Gasteiger partial charge >= 0.3 is 0 Å². The van der Waals surface area contributed by atoms with Crippen molar-refractivity contribution in [3.05, 3.63) is 193 Å². The van der Waals surface area contributed by atoms with Gasteiger partial charge in [-0.1, -0.05) is 129 Å². The first-order valence-electron chi connectivity index (χ1n) is 18.5. The fourth-order valence-electron chi connectivity index (χ4n) is 8.96. The van der Waals surface area contributed by atoms with Gasteiger partial charge in [0, 0.05) is 33.2 Å². The predicted octanol–water partition coefficient (Wildman–Crippen LogP) is 14.0.